The molecule has 0 amide bonds. The second-order valence-corrected chi connectivity index (χ2v) is 5.73. The van der Waals surface area contributed by atoms with Crippen LogP contribution in [0, 0.1) is 0 Å². The zero-order valence-electron chi connectivity index (χ0n) is 11.5. The highest BCUT2D eigenvalue weighted by molar-refractivity contribution is 7.93. The van der Waals surface area contributed by atoms with E-state index in [2.05, 4.69) is 9.97 Å². The average Bonchev–Trinajstić information content (AvgIpc) is 2.48. The summed E-state index contributed by atoms with van der Waals surface area (Å²) in [5.74, 6) is 0.390. The minimum absolute atomic E-state index is 0.0806. The van der Waals surface area contributed by atoms with E-state index in [1.165, 1.54) is 36.2 Å². The van der Waals surface area contributed by atoms with Crippen molar-refractivity contribution in [3.8, 4) is 17.6 Å². The number of ether oxygens (including phenoxy) is 2. The van der Waals surface area contributed by atoms with E-state index in [1.807, 2.05) is 0 Å². The zero-order valence-corrected chi connectivity index (χ0v) is 12.4. The van der Waals surface area contributed by atoms with Crippen LogP contribution < -0.4 is 14.2 Å². The smallest absolute Gasteiger partial charge is 0.467 e. The Kier molecular flexibility index (Phi) is 4.59. The minimum atomic E-state index is -5.46. The summed E-state index contributed by atoms with van der Waals surface area (Å²) in [4.78, 5) is 7.67. The molecule has 0 aliphatic carbocycles. The van der Waals surface area contributed by atoms with Crippen LogP contribution in [0.3, 0.4) is 0 Å². The van der Waals surface area contributed by atoms with Gasteiger partial charge >= 0.3 is 21.5 Å². The van der Waals surface area contributed by atoms with Crippen molar-refractivity contribution >= 4 is 15.7 Å². The highest BCUT2D eigenvalue weighted by atomic mass is 32.2. The molecule has 0 unspecified atom stereocenters. The molecular weight excluding hydrogens is 339 g/mol. The lowest BCUT2D eigenvalue weighted by Gasteiger charge is -2.11. The van der Waals surface area contributed by atoms with Crippen molar-refractivity contribution in [2.75, 3.05) is 11.8 Å². The molecule has 0 spiro atoms. The summed E-state index contributed by atoms with van der Waals surface area (Å²) < 4.78 is 70.3. The van der Waals surface area contributed by atoms with Crippen LogP contribution in [0.4, 0.5) is 18.9 Å². The van der Waals surface area contributed by atoms with Gasteiger partial charge in [-0.3, -0.25) is 4.72 Å². The molecule has 1 N–H and O–H groups in total. The molecule has 23 heavy (non-hydrogen) atoms. The predicted octanol–water partition coefficient (Wildman–Crippen LogP) is 2.54. The molecule has 11 heteroatoms. The number of hydrogen-bond acceptors (Lipinski definition) is 6. The van der Waals surface area contributed by atoms with Gasteiger partial charge in [-0.1, -0.05) is 0 Å². The van der Waals surface area contributed by atoms with Gasteiger partial charge in [0.1, 0.15) is 5.75 Å². The van der Waals surface area contributed by atoms with Crippen LogP contribution in [-0.2, 0) is 10.0 Å². The summed E-state index contributed by atoms with van der Waals surface area (Å²) in [5, 5.41) is 0. The third-order valence-corrected chi connectivity index (χ3v) is 3.54. The van der Waals surface area contributed by atoms with Gasteiger partial charge in [-0.05, 0) is 24.3 Å². The maximum atomic E-state index is 12.3. The number of sulfonamides is 1. The Morgan fingerprint density at radius 1 is 1.13 bits per heavy atom. The van der Waals surface area contributed by atoms with E-state index in [1.54, 1.807) is 0 Å². The quantitative estimate of drug-likeness (QED) is 0.892. The maximum Gasteiger partial charge on any atom is 0.516 e. The van der Waals surface area contributed by atoms with Gasteiger partial charge in [-0.2, -0.15) is 26.6 Å². The van der Waals surface area contributed by atoms with Crippen LogP contribution in [-0.4, -0.2) is 31.0 Å². The third kappa shape index (κ3) is 4.22. The summed E-state index contributed by atoms with van der Waals surface area (Å²) in [5.41, 5.74) is -5.64. The minimum Gasteiger partial charge on any atom is -0.467 e. The van der Waals surface area contributed by atoms with Crippen molar-refractivity contribution in [1.82, 2.24) is 9.97 Å². The third-order valence-electron chi connectivity index (χ3n) is 2.42. The Bertz CT molecular complexity index is 779. The summed E-state index contributed by atoms with van der Waals surface area (Å²) in [6, 6.07) is 6.33. The predicted molar refractivity (Wildman–Crippen MR) is 73.7 cm³/mol. The molecule has 124 valence electrons. The number of anilines is 1. The van der Waals surface area contributed by atoms with Gasteiger partial charge in [0.15, 0.2) is 0 Å². The topological polar surface area (TPSA) is 90.4 Å². The molecule has 2 aromatic rings. The van der Waals surface area contributed by atoms with Crippen molar-refractivity contribution in [2.24, 2.45) is 0 Å². The molecule has 0 atom stereocenters. The molecule has 0 radical (unpaired) electrons. The molecule has 2 rings (SSSR count). The fraction of sp³-hybridized carbons (Fsp3) is 0.167. The van der Waals surface area contributed by atoms with E-state index in [4.69, 9.17) is 9.47 Å². The van der Waals surface area contributed by atoms with Gasteiger partial charge in [0, 0.05) is 18.0 Å². The van der Waals surface area contributed by atoms with Crippen LogP contribution in [0.1, 0.15) is 0 Å². The molecule has 0 saturated carbocycles. The van der Waals surface area contributed by atoms with Crippen LogP contribution in [0.2, 0.25) is 0 Å². The van der Waals surface area contributed by atoms with Crippen molar-refractivity contribution in [3.63, 3.8) is 0 Å². The fourth-order valence-electron chi connectivity index (χ4n) is 1.41. The Balaban J connectivity index is 2.11. The lowest BCUT2D eigenvalue weighted by atomic mass is 10.3. The molecule has 1 aromatic carbocycles. The highest BCUT2D eigenvalue weighted by Crippen LogP contribution is 2.27. The summed E-state index contributed by atoms with van der Waals surface area (Å²) in [6.07, 6.45) is 1.40. The first kappa shape index (κ1) is 16.8. The zero-order chi connectivity index (χ0) is 17.1. The Labute approximate surface area is 129 Å². The van der Waals surface area contributed by atoms with Crippen LogP contribution in [0.15, 0.2) is 36.5 Å². The number of hydrogen-bond donors (Lipinski definition) is 1. The Hall–Kier alpha value is -2.56. The standard InChI is InChI=1S/C12H10F3N3O4S/c1-21-11-16-7-6-10(17-11)22-9-4-2-8(3-5-9)18-23(19,20)12(13,14)15/h2-7,18H,1H3. The first-order valence-corrected chi connectivity index (χ1v) is 7.43. The van der Waals surface area contributed by atoms with Gasteiger partial charge in [0.2, 0.25) is 5.88 Å². The average molecular weight is 349 g/mol. The van der Waals surface area contributed by atoms with E-state index in [9.17, 15) is 21.6 Å². The molecule has 0 fully saturated rings. The normalized spacial score (nSPS) is 11.8. The number of alkyl halides is 3. The molecular formula is C12H10F3N3O4S. The van der Waals surface area contributed by atoms with Crippen molar-refractivity contribution in [1.29, 1.82) is 0 Å². The molecule has 0 bridgehead atoms. The van der Waals surface area contributed by atoms with E-state index in [0.717, 1.165) is 12.1 Å². The Morgan fingerprint density at radius 3 is 2.35 bits per heavy atom. The fourth-order valence-corrected chi connectivity index (χ4v) is 1.97. The second-order valence-electron chi connectivity index (χ2n) is 4.06. The van der Waals surface area contributed by atoms with Crippen molar-refractivity contribution < 1.29 is 31.1 Å². The van der Waals surface area contributed by atoms with Crippen molar-refractivity contribution in [2.45, 2.75) is 5.51 Å². The molecule has 0 aliphatic heterocycles. The maximum absolute atomic E-state index is 12.3. The monoisotopic (exact) mass is 349 g/mol. The number of halogens is 3. The van der Waals surface area contributed by atoms with Gasteiger partial charge in [0.25, 0.3) is 0 Å². The van der Waals surface area contributed by atoms with E-state index < -0.39 is 15.5 Å². The number of nitrogens with zero attached hydrogens (tertiary/aromatic N) is 2. The number of nitrogens with one attached hydrogen (secondary N) is 1. The second kappa shape index (κ2) is 6.28. The van der Waals surface area contributed by atoms with Crippen LogP contribution in [0.25, 0.3) is 0 Å². The number of methoxy groups -OCH3 is 1. The van der Waals surface area contributed by atoms with E-state index >= 15 is 0 Å². The van der Waals surface area contributed by atoms with Gasteiger partial charge in [0.05, 0.1) is 7.11 Å². The van der Waals surface area contributed by atoms with Gasteiger partial charge in [-0.15, -0.1) is 0 Å². The van der Waals surface area contributed by atoms with Gasteiger partial charge < -0.3 is 9.47 Å². The lowest BCUT2D eigenvalue weighted by molar-refractivity contribution is -0.0429. The van der Waals surface area contributed by atoms with Gasteiger partial charge in [-0.25, -0.2) is 4.98 Å². The first-order valence-electron chi connectivity index (χ1n) is 5.95. The number of benzene rings is 1. The van der Waals surface area contributed by atoms with E-state index in [0.29, 0.717) is 0 Å². The number of aromatic nitrogens is 2. The largest absolute Gasteiger partial charge is 0.516 e. The van der Waals surface area contributed by atoms with Crippen LogP contribution >= 0.6 is 0 Å². The summed E-state index contributed by atoms with van der Waals surface area (Å²) in [7, 11) is -4.08. The van der Waals surface area contributed by atoms with Crippen LogP contribution in [0.5, 0.6) is 17.6 Å². The Morgan fingerprint density at radius 2 is 1.78 bits per heavy atom. The summed E-state index contributed by atoms with van der Waals surface area (Å²) >= 11 is 0. The molecule has 0 aliphatic rings. The highest BCUT2D eigenvalue weighted by Gasteiger charge is 2.45. The molecule has 1 heterocycles. The van der Waals surface area contributed by atoms with Crippen molar-refractivity contribution in [3.05, 3.63) is 36.5 Å². The first-order chi connectivity index (χ1) is 10.7. The lowest BCUT2D eigenvalue weighted by Crippen LogP contribution is -2.29. The van der Waals surface area contributed by atoms with E-state index in [-0.39, 0.29) is 23.3 Å². The molecule has 7 nitrogen and oxygen atoms in total. The SMILES string of the molecule is COc1nccc(Oc2ccc(NS(=O)(=O)C(F)(F)F)cc2)n1. The summed E-state index contributed by atoms with van der Waals surface area (Å²) in [6.45, 7) is 0. The molecule has 0 saturated heterocycles. The number of rotatable bonds is 5. The molecule has 1 aromatic heterocycles.